The third-order valence-electron chi connectivity index (χ3n) is 8.98. The van der Waals surface area contributed by atoms with E-state index in [1.807, 2.05) is 12.1 Å². The Balaban J connectivity index is 1.20. The van der Waals surface area contributed by atoms with Crippen LogP contribution < -0.4 is 0 Å². The molecule has 0 radical (unpaired) electrons. The maximum Gasteiger partial charge on any atom is 0.166 e. The minimum Gasteiger partial charge on any atom is -0.203 e. The van der Waals surface area contributed by atoms with E-state index in [0.29, 0.717) is 17.0 Å². The number of aryl methyl sites for hydroxylation is 1. The zero-order valence-electron chi connectivity index (χ0n) is 21.4. The minimum absolute atomic E-state index is 0.352. The quantitative estimate of drug-likeness (QED) is 0.322. The maximum atomic E-state index is 14.4. The predicted octanol–water partition coefficient (Wildman–Crippen LogP) is 10.4. The summed E-state index contributed by atoms with van der Waals surface area (Å²) in [6, 6.07) is 11.5. The zero-order chi connectivity index (χ0) is 23.9. The van der Waals surface area contributed by atoms with Gasteiger partial charge in [-0.25, -0.2) is 8.78 Å². The Kier molecular flexibility index (Phi) is 9.20. The van der Waals surface area contributed by atoms with Crippen LogP contribution in [0.5, 0.6) is 0 Å². The summed E-state index contributed by atoms with van der Waals surface area (Å²) in [5.41, 5.74) is 2.82. The largest absolute Gasteiger partial charge is 0.203 e. The molecule has 0 heterocycles. The first-order valence-electron chi connectivity index (χ1n) is 14.1. The summed E-state index contributed by atoms with van der Waals surface area (Å²) < 4.78 is 28.3. The molecule has 2 aliphatic carbocycles. The second kappa shape index (κ2) is 12.3. The van der Waals surface area contributed by atoms with Crippen molar-refractivity contribution in [3.63, 3.8) is 0 Å². The number of rotatable bonds is 9. The zero-order valence-corrected chi connectivity index (χ0v) is 21.4. The molecular weight excluding hydrogens is 422 g/mol. The first-order valence-corrected chi connectivity index (χ1v) is 14.1. The highest BCUT2D eigenvalue weighted by Crippen LogP contribution is 2.41. The second-order valence-electron chi connectivity index (χ2n) is 11.4. The van der Waals surface area contributed by atoms with Crippen LogP contribution in [0, 0.1) is 36.3 Å². The molecule has 0 nitrogen and oxygen atoms in total. The highest BCUT2D eigenvalue weighted by atomic mass is 19.2. The van der Waals surface area contributed by atoms with Crippen molar-refractivity contribution in [1.29, 1.82) is 0 Å². The molecule has 0 aromatic heterocycles. The van der Waals surface area contributed by atoms with Crippen LogP contribution in [0.15, 0.2) is 36.4 Å². The van der Waals surface area contributed by atoms with Gasteiger partial charge >= 0.3 is 0 Å². The van der Waals surface area contributed by atoms with Crippen molar-refractivity contribution in [3.05, 3.63) is 59.2 Å². The Morgan fingerprint density at radius 3 is 1.79 bits per heavy atom. The molecule has 2 fully saturated rings. The van der Waals surface area contributed by atoms with Crippen LogP contribution in [0.25, 0.3) is 11.1 Å². The van der Waals surface area contributed by atoms with E-state index >= 15 is 0 Å². The first-order chi connectivity index (χ1) is 16.5. The van der Waals surface area contributed by atoms with E-state index in [1.54, 1.807) is 19.1 Å². The van der Waals surface area contributed by atoms with Crippen molar-refractivity contribution in [3.8, 4) is 11.1 Å². The highest BCUT2D eigenvalue weighted by Gasteiger charge is 2.25. The van der Waals surface area contributed by atoms with Gasteiger partial charge in [-0.05, 0) is 73.0 Å². The lowest BCUT2D eigenvalue weighted by atomic mass is 9.74. The van der Waals surface area contributed by atoms with E-state index in [9.17, 15) is 8.78 Å². The van der Waals surface area contributed by atoms with Crippen LogP contribution in [0.1, 0.15) is 114 Å². The predicted molar refractivity (Wildman–Crippen MR) is 140 cm³/mol. The topological polar surface area (TPSA) is 0 Å². The Labute approximate surface area is 206 Å². The molecule has 2 aromatic rings. The molecule has 186 valence electrons. The first kappa shape index (κ1) is 25.4. The van der Waals surface area contributed by atoms with Crippen molar-refractivity contribution < 1.29 is 8.78 Å². The number of hydrogen-bond acceptors (Lipinski definition) is 0. The highest BCUT2D eigenvalue weighted by molar-refractivity contribution is 5.65. The number of benzene rings is 2. The van der Waals surface area contributed by atoms with Crippen LogP contribution in [-0.4, -0.2) is 0 Å². The molecule has 0 atom stereocenters. The summed E-state index contributed by atoms with van der Waals surface area (Å²) in [6.45, 7) is 3.90. The summed E-state index contributed by atoms with van der Waals surface area (Å²) in [5.74, 6) is 2.05. The fourth-order valence-corrected chi connectivity index (χ4v) is 6.55. The molecule has 0 aliphatic heterocycles. The van der Waals surface area contributed by atoms with Gasteiger partial charge in [0.05, 0.1) is 0 Å². The van der Waals surface area contributed by atoms with E-state index in [0.717, 1.165) is 23.3 Å². The summed E-state index contributed by atoms with van der Waals surface area (Å²) in [4.78, 5) is 0. The minimum atomic E-state index is -0.738. The Morgan fingerprint density at radius 1 is 0.647 bits per heavy atom. The van der Waals surface area contributed by atoms with Gasteiger partial charge in [0.2, 0.25) is 0 Å². The molecule has 0 amide bonds. The van der Waals surface area contributed by atoms with Crippen molar-refractivity contribution >= 4 is 0 Å². The van der Waals surface area contributed by atoms with Gasteiger partial charge in [0.1, 0.15) is 0 Å². The normalized spacial score (nSPS) is 25.4. The molecule has 2 saturated carbocycles. The maximum absolute atomic E-state index is 14.4. The molecule has 2 aliphatic rings. The second-order valence-corrected chi connectivity index (χ2v) is 11.4. The van der Waals surface area contributed by atoms with Crippen molar-refractivity contribution in [2.24, 2.45) is 17.8 Å². The van der Waals surface area contributed by atoms with Crippen molar-refractivity contribution in [2.45, 2.75) is 110 Å². The van der Waals surface area contributed by atoms with Gasteiger partial charge in [-0.1, -0.05) is 108 Å². The molecule has 2 aromatic carbocycles. The summed E-state index contributed by atoms with van der Waals surface area (Å²) in [7, 11) is 0. The Morgan fingerprint density at radius 2 is 1.21 bits per heavy atom. The average Bonchev–Trinajstić information content (AvgIpc) is 2.88. The van der Waals surface area contributed by atoms with Gasteiger partial charge in [0.25, 0.3) is 0 Å². The fraction of sp³-hybridized carbons (Fsp3) is 0.625. The fourth-order valence-electron chi connectivity index (χ4n) is 6.55. The van der Waals surface area contributed by atoms with Gasteiger partial charge < -0.3 is 0 Å². The third-order valence-corrected chi connectivity index (χ3v) is 8.98. The molecule has 34 heavy (non-hydrogen) atoms. The van der Waals surface area contributed by atoms with E-state index in [-0.39, 0.29) is 0 Å². The van der Waals surface area contributed by atoms with Crippen LogP contribution in [-0.2, 0) is 0 Å². The van der Waals surface area contributed by atoms with Crippen molar-refractivity contribution in [2.75, 3.05) is 0 Å². The molecule has 0 spiro atoms. The number of halogens is 2. The summed E-state index contributed by atoms with van der Waals surface area (Å²) in [5, 5.41) is 0. The molecule has 0 N–H and O–H groups in total. The van der Waals surface area contributed by atoms with Crippen molar-refractivity contribution in [1.82, 2.24) is 0 Å². The lowest BCUT2D eigenvalue weighted by Gasteiger charge is -2.32. The molecule has 2 heteroatoms. The van der Waals surface area contributed by atoms with E-state index in [4.69, 9.17) is 0 Å². The molecule has 0 bridgehead atoms. The average molecular weight is 467 g/mol. The van der Waals surface area contributed by atoms with Gasteiger partial charge in [-0.3, -0.25) is 0 Å². The van der Waals surface area contributed by atoms with Gasteiger partial charge in [0, 0.05) is 5.56 Å². The molecule has 0 saturated heterocycles. The Hall–Kier alpha value is -1.70. The summed E-state index contributed by atoms with van der Waals surface area (Å²) in [6.07, 6.45) is 19.7. The van der Waals surface area contributed by atoms with Crippen LogP contribution in [0.4, 0.5) is 8.78 Å². The summed E-state index contributed by atoms with van der Waals surface area (Å²) >= 11 is 0. The van der Waals surface area contributed by atoms with Gasteiger partial charge in [0.15, 0.2) is 11.6 Å². The third kappa shape index (κ3) is 6.49. The van der Waals surface area contributed by atoms with Crippen LogP contribution in [0.3, 0.4) is 0 Å². The smallest absolute Gasteiger partial charge is 0.166 e. The monoisotopic (exact) mass is 466 g/mol. The van der Waals surface area contributed by atoms with Gasteiger partial charge in [-0.15, -0.1) is 0 Å². The number of unbranched alkanes of at least 4 members (excludes halogenated alkanes) is 2. The van der Waals surface area contributed by atoms with E-state index < -0.39 is 11.6 Å². The van der Waals surface area contributed by atoms with Crippen LogP contribution >= 0.6 is 0 Å². The van der Waals surface area contributed by atoms with E-state index in [2.05, 4.69) is 19.1 Å². The lowest BCUT2D eigenvalue weighted by molar-refractivity contribution is 0.222. The van der Waals surface area contributed by atoms with Crippen LogP contribution in [0.2, 0.25) is 0 Å². The SMILES string of the molecule is CCCCCC1CCC(CCC2CCC(c3ccc(-c4ccc(C)c(F)c4F)cc3)CC2)CC1. The Bertz CT molecular complexity index is 884. The standard InChI is InChI=1S/C32H44F2/c1-3-4-5-6-24-8-10-25(11-9-24)12-13-26-14-16-27(17-15-26)28-18-20-29(21-19-28)30-22-7-23(2)31(33)32(30)34/h7,18-22,24-27H,3-6,8-17H2,1-2H3. The van der Waals surface area contributed by atoms with E-state index in [1.165, 1.54) is 95.5 Å². The lowest BCUT2D eigenvalue weighted by Crippen LogP contribution is -2.17. The molecule has 0 unspecified atom stereocenters. The van der Waals surface area contributed by atoms with Gasteiger partial charge in [-0.2, -0.15) is 0 Å². The number of hydrogen-bond donors (Lipinski definition) is 0. The molecule has 4 rings (SSSR count). The molecular formula is C32H44F2.